The molecule has 0 aliphatic rings. The summed E-state index contributed by atoms with van der Waals surface area (Å²) in [6.07, 6.45) is 1.95. The van der Waals surface area contributed by atoms with Crippen LogP contribution in [0.2, 0.25) is 0 Å². The lowest BCUT2D eigenvalue weighted by molar-refractivity contribution is 0.214. The zero-order chi connectivity index (χ0) is 19.7. The molecule has 6 nitrogen and oxygen atoms in total. The first-order valence-corrected chi connectivity index (χ1v) is 10.0. The van der Waals surface area contributed by atoms with E-state index in [-0.39, 0.29) is 10.6 Å². The second-order valence-electron chi connectivity index (χ2n) is 6.27. The molecule has 0 fully saturated rings. The summed E-state index contributed by atoms with van der Waals surface area (Å²) in [6, 6.07) is 18.3. The Morgan fingerprint density at radius 3 is 2.50 bits per heavy atom. The van der Waals surface area contributed by atoms with Crippen molar-refractivity contribution in [3.8, 4) is 5.75 Å². The molecule has 2 heterocycles. The van der Waals surface area contributed by atoms with Crippen molar-refractivity contribution < 1.29 is 18.3 Å². The van der Waals surface area contributed by atoms with E-state index in [1.54, 1.807) is 67.9 Å². The molecule has 2 aromatic heterocycles. The van der Waals surface area contributed by atoms with Gasteiger partial charge in [0.15, 0.2) is 0 Å². The lowest BCUT2D eigenvalue weighted by Crippen LogP contribution is -2.18. The van der Waals surface area contributed by atoms with Gasteiger partial charge in [0.25, 0.3) is 10.0 Å². The zero-order valence-electron chi connectivity index (χ0n) is 15.1. The van der Waals surface area contributed by atoms with E-state index in [1.807, 2.05) is 0 Å². The van der Waals surface area contributed by atoms with Gasteiger partial charge >= 0.3 is 0 Å². The first-order chi connectivity index (χ1) is 13.5. The summed E-state index contributed by atoms with van der Waals surface area (Å²) in [5.74, 6) is 0.601. The van der Waals surface area contributed by atoms with Crippen molar-refractivity contribution in [2.45, 2.75) is 11.0 Å². The minimum Gasteiger partial charge on any atom is -0.497 e. The first kappa shape index (κ1) is 18.2. The fourth-order valence-electron chi connectivity index (χ4n) is 3.18. The van der Waals surface area contributed by atoms with Crippen molar-refractivity contribution in [3.05, 3.63) is 90.4 Å². The van der Waals surface area contributed by atoms with Crippen LogP contribution in [0.1, 0.15) is 17.4 Å². The molecule has 1 N–H and O–H groups in total. The quantitative estimate of drug-likeness (QED) is 0.561. The Hall–Kier alpha value is -3.16. The summed E-state index contributed by atoms with van der Waals surface area (Å²) in [5, 5.41) is 11.6. The number of ether oxygens (including phenoxy) is 1. The van der Waals surface area contributed by atoms with Crippen LogP contribution in [0, 0.1) is 0 Å². The molecule has 2 aromatic carbocycles. The normalized spacial score (nSPS) is 12.8. The predicted octanol–water partition coefficient (Wildman–Crippen LogP) is 3.36. The van der Waals surface area contributed by atoms with Gasteiger partial charge in [-0.2, -0.15) is 0 Å². The Morgan fingerprint density at radius 2 is 1.82 bits per heavy atom. The molecule has 1 unspecified atom stereocenters. The Labute approximate surface area is 162 Å². The van der Waals surface area contributed by atoms with Gasteiger partial charge in [-0.15, -0.1) is 0 Å². The van der Waals surface area contributed by atoms with Crippen LogP contribution in [0.3, 0.4) is 0 Å². The van der Waals surface area contributed by atoms with Crippen molar-refractivity contribution in [2.75, 3.05) is 7.11 Å². The third-order valence-electron chi connectivity index (χ3n) is 4.55. The van der Waals surface area contributed by atoms with Gasteiger partial charge in [-0.3, -0.25) is 4.98 Å². The largest absolute Gasteiger partial charge is 0.497 e. The van der Waals surface area contributed by atoms with Gasteiger partial charge in [0, 0.05) is 23.3 Å². The van der Waals surface area contributed by atoms with Gasteiger partial charge in [0.05, 0.1) is 23.2 Å². The topological polar surface area (TPSA) is 81.4 Å². The van der Waals surface area contributed by atoms with E-state index in [9.17, 15) is 13.5 Å². The first-order valence-electron chi connectivity index (χ1n) is 8.60. The molecular weight excluding hydrogens is 376 g/mol. The molecule has 0 amide bonds. The van der Waals surface area contributed by atoms with Crippen LogP contribution in [-0.2, 0) is 10.0 Å². The second kappa shape index (κ2) is 7.10. The number of hydrogen-bond acceptors (Lipinski definition) is 5. The summed E-state index contributed by atoms with van der Waals surface area (Å²) in [7, 11) is -2.38. The number of aromatic nitrogens is 2. The van der Waals surface area contributed by atoms with E-state index >= 15 is 0 Å². The van der Waals surface area contributed by atoms with E-state index < -0.39 is 16.1 Å². The van der Waals surface area contributed by atoms with E-state index in [4.69, 9.17) is 4.74 Å². The van der Waals surface area contributed by atoms with Crippen LogP contribution < -0.4 is 4.74 Å². The standard InChI is InChI=1S/C21H18N2O4S/c1-27-17-9-10-19-16(12-17)13-20(21(24)15-6-5-11-22-14-15)23(19)28(25,26)18-7-3-2-4-8-18/h2-14,21,24H,1H3. The average Bonchev–Trinajstić information content (AvgIpc) is 3.13. The molecule has 0 saturated heterocycles. The fraction of sp³-hybridized carbons (Fsp3) is 0.0952. The molecule has 0 spiro atoms. The minimum atomic E-state index is -3.93. The summed E-state index contributed by atoms with van der Waals surface area (Å²) < 4.78 is 33.3. The maximum Gasteiger partial charge on any atom is 0.268 e. The molecule has 1 atom stereocenters. The summed E-state index contributed by atoms with van der Waals surface area (Å²) in [5.41, 5.74) is 1.20. The number of nitrogens with zero attached hydrogens (tertiary/aromatic N) is 2. The molecule has 0 bridgehead atoms. The maximum absolute atomic E-state index is 13.4. The number of fused-ring (bicyclic) bond motifs is 1. The molecule has 4 aromatic rings. The van der Waals surface area contributed by atoms with Gasteiger partial charge in [0.1, 0.15) is 11.9 Å². The second-order valence-corrected chi connectivity index (χ2v) is 8.05. The van der Waals surface area contributed by atoms with E-state index in [1.165, 1.54) is 22.3 Å². The zero-order valence-corrected chi connectivity index (χ0v) is 15.9. The van der Waals surface area contributed by atoms with Crippen LogP contribution in [0.5, 0.6) is 5.75 Å². The smallest absolute Gasteiger partial charge is 0.268 e. The highest BCUT2D eigenvalue weighted by molar-refractivity contribution is 7.90. The predicted molar refractivity (Wildman–Crippen MR) is 106 cm³/mol. The van der Waals surface area contributed by atoms with Crippen LogP contribution in [0.15, 0.2) is 84.0 Å². The Balaban J connectivity index is 2.00. The molecule has 7 heteroatoms. The Morgan fingerprint density at radius 1 is 1.04 bits per heavy atom. The van der Waals surface area contributed by atoms with Crippen molar-refractivity contribution in [2.24, 2.45) is 0 Å². The number of pyridine rings is 1. The van der Waals surface area contributed by atoms with Crippen molar-refractivity contribution in [3.63, 3.8) is 0 Å². The summed E-state index contributed by atoms with van der Waals surface area (Å²) >= 11 is 0. The molecule has 4 rings (SSSR count). The Kier molecular flexibility index (Phi) is 4.62. The van der Waals surface area contributed by atoms with Crippen LogP contribution >= 0.6 is 0 Å². The molecular formula is C21H18N2O4S. The van der Waals surface area contributed by atoms with Crippen molar-refractivity contribution in [1.29, 1.82) is 0 Å². The molecule has 0 radical (unpaired) electrons. The average molecular weight is 394 g/mol. The van der Waals surface area contributed by atoms with Crippen molar-refractivity contribution in [1.82, 2.24) is 8.96 Å². The fourth-order valence-corrected chi connectivity index (χ4v) is 4.75. The molecule has 142 valence electrons. The monoisotopic (exact) mass is 394 g/mol. The SMILES string of the molecule is COc1ccc2c(c1)cc(C(O)c1cccnc1)n2S(=O)(=O)c1ccccc1. The number of methoxy groups -OCH3 is 1. The van der Waals surface area contributed by atoms with E-state index in [2.05, 4.69) is 4.98 Å². The number of rotatable bonds is 5. The van der Waals surface area contributed by atoms with Crippen LogP contribution in [0.4, 0.5) is 0 Å². The Bertz CT molecular complexity index is 1220. The molecule has 0 aliphatic carbocycles. The highest BCUT2D eigenvalue weighted by atomic mass is 32.2. The number of benzene rings is 2. The highest BCUT2D eigenvalue weighted by Gasteiger charge is 2.27. The summed E-state index contributed by atoms with van der Waals surface area (Å²) in [4.78, 5) is 4.17. The number of aliphatic hydroxyl groups is 1. The van der Waals surface area contributed by atoms with Gasteiger partial charge < -0.3 is 9.84 Å². The van der Waals surface area contributed by atoms with Gasteiger partial charge in [0.2, 0.25) is 0 Å². The molecule has 28 heavy (non-hydrogen) atoms. The van der Waals surface area contributed by atoms with Gasteiger partial charge in [-0.1, -0.05) is 24.3 Å². The van der Waals surface area contributed by atoms with Gasteiger partial charge in [-0.25, -0.2) is 12.4 Å². The maximum atomic E-state index is 13.4. The number of hydrogen-bond donors (Lipinski definition) is 1. The van der Waals surface area contributed by atoms with Crippen LogP contribution in [-0.4, -0.2) is 29.6 Å². The number of aliphatic hydroxyl groups excluding tert-OH is 1. The summed E-state index contributed by atoms with van der Waals surface area (Å²) in [6.45, 7) is 0. The lowest BCUT2D eigenvalue weighted by atomic mass is 10.1. The highest BCUT2D eigenvalue weighted by Crippen LogP contribution is 2.33. The van der Waals surface area contributed by atoms with Gasteiger partial charge in [-0.05, 0) is 42.5 Å². The third-order valence-corrected chi connectivity index (χ3v) is 6.31. The molecule has 0 saturated carbocycles. The van der Waals surface area contributed by atoms with E-state index in [0.717, 1.165) is 0 Å². The van der Waals surface area contributed by atoms with Crippen LogP contribution in [0.25, 0.3) is 10.9 Å². The lowest BCUT2D eigenvalue weighted by Gasteiger charge is -2.16. The van der Waals surface area contributed by atoms with Crippen molar-refractivity contribution >= 4 is 20.9 Å². The third kappa shape index (κ3) is 3.04. The molecule has 0 aliphatic heterocycles. The van der Waals surface area contributed by atoms with E-state index in [0.29, 0.717) is 22.2 Å². The minimum absolute atomic E-state index is 0.142.